The van der Waals surface area contributed by atoms with Gasteiger partial charge in [-0.1, -0.05) is 13.8 Å². The minimum atomic E-state index is -2.38. The minimum absolute atomic E-state index is 0.120. The third-order valence-electron chi connectivity index (χ3n) is 4.24. The summed E-state index contributed by atoms with van der Waals surface area (Å²) < 4.78 is 26.2. The molecule has 2 fully saturated rings. The average molecular weight is 202 g/mol. The molecule has 0 N–H and O–H groups in total. The van der Waals surface area contributed by atoms with Gasteiger partial charge in [0, 0.05) is 12.8 Å². The van der Waals surface area contributed by atoms with E-state index < -0.39 is 5.92 Å². The molecule has 2 aliphatic rings. The van der Waals surface area contributed by atoms with Crippen LogP contribution >= 0.6 is 0 Å². The summed E-state index contributed by atoms with van der Waals surface area (Å²) >= 11 is 0. The number of hydrogen-bond donors (Lipinski definition) is 0. The van der Waals surface area contributed by atoms with Crippen LogP contribution in [0.1, 0.15) is 46.0 Å². The van der Waals surface area contributed by atoms with E-state index in [0.29, 0.717) is 11.8 Å². The van der Waals surface area contributed by atoms with Crippen molar-refractivity contribution in [1.29, 1.82) is 0 Å². The van der Waals surface area contributed by atoms with Gasteiger partial charge in [-0.3, -0.25) is 0 Å². The zero-order chi connectivity index (χ0) is 10.3. The van der Waals surface area contributed by atoms with E-state index >= 15 is 0 Å². The molecular weight excluding hydrogens is 182 g/mol. The zero-order valence-electron chi connectivity index (χ0n) is 9.10. The first kappa shape index (κ1) is 10.4. The van der Waals surface area contributed by atoms with E-state index in [1.165, 1.54) is 12.8 Å². The number of alkyl halides is 2. The van der Waals surface area contributed by atoms with Crippen molar-refractivity contribution < 1.29 is 8.78 Å². The number of rotatable bonds is 2. The van der Waals surface area contributed by atoms with E-state index in [1.807, 2.05) is 6.92 Å². The van der Waals surface area contributed by atoms with Crippen LogP contribution in [0.4, 0.5) is 8.78 Å². The third-order valence-corrected chi connectivity index (χ3v) is 4.24. The average Bonchev–Trinajstić information content (AvgIpc) is 2.83. The first-order valence-electron chi connectivity index (χ1n) is 5.87. The summed E-state index contributed by atoms with van der Waals surface area (Å²) in [6, 6.07) is 0. The van der Waals surface area contributed by atoms with Gasteiger partial charge in [0.2, 0.25) is 5.92 Å². The fourth-order valence-electron chi connectivity index (χ4n) is 3.14. The highest BCUT2D eigenvalue weighted by Gasteiger charge is 2.44. The topological polar surface area (TPSA) is 0 Å². The van der Waals surface area contributed by atoms with Crippen molar-refractivity contribution in [2.75, 3.05) is 0 Å². The summed E-state index contributed by atoms with van der Waals surface area (Å²) in [6.07, 6.45) is 3.65. The monoisotopic (exact) mass is 202 g/mol. The molecule has 0 aromatic carbocycles. The summed E-state index contributed by atoms with van der Waals surface area (Å²) in [5.41, 5.74) is 0. The van der Waals surface area contributed by atoms with Gasteiger partial charge in [0.05, 0.1) is 0 Å². The fraction of sp³-hybridized carbons (Fsp3) is 1.00. The van der Waals surface area contributed by atoms with E-state index in [9.17, 15) is 8.78 Å². The molecule has 2 unspecified atom stereocenters. The second kappa shape index (κ2) is 3.46. The van der Waals surface area contributed by atoms with Crippen molar-refractivity contribution in [2.45, 2.75) is 51.9 Å². The molecule has 0 heterocycles. The molecule has 14 heavy (non-hydrogen) atoms. The SMILES string of the molecule is CC(C1CC1)C1CCC(F)(F)C[C@@H]1C. The Morgan fingerprint density at radius 3 is 2.36 bits per heavy atom. The first-order chi connectivity index (χ1) is 6.49. The molecule has 82 valence electrons. The van der Waals surface area contributed by atoms with Gasteiger partial charge >= 0.3 is 0 Å². The smallest absolute Gasteiger partial charge is 0.207 e. The Morgan fingerprint density at radius 1 is 1.21 bits per heavy atom. The highest BCUT2D eigenvalue weighted by molar-refractivity contribution is 4.90. The van der Waals surface area contributed by atoms with Crippen molar-refractivity contribution in [2.24, 2.45) is 23.7 Å². The third kappa shape index (κ3) is 2.09. The van der Waals surface area contributed by atoms with Crippen LogP contribution in [-0.4, -0.2) is 5.92 Å². The number of halogens is 2. The summed E-state index contributed by atoms with van der Waals surface area (Å²) in [7, 11) is 0. The zero-order valence-corrected chi connectivity index (χ0v) is 9.10. The molecule has 0 aromatic rings. The van der Waals surface area contributed by atoms with E-state index in [1.54, 1.807) is 0 Å². The van der Waals surface area contributed by atoms with E-state index in [0.717, 1.165) is 12.3 Å². The van der Waals surface area contributed by atoms with Gasteiger partial charge in [-0.2, -0.15) is 0 Å². The van der Waals surface area contributed by atoms with Crippen LogP contribution in [0.5, 0.6) is 0 Å². The maximum Gasteiger partial charge on any atom is 0.248 e. The summed E-state index contributed by atoms with van der Waals surface area (Å²) in [4.78, 5) is 0. The Labute approximate surface area is 85.1 Å². The molecular formula is C12H20F2. The molecule has 3 atom stereocenters. The predicted octanol–water partition coefficient (Wildman–Crippen LogP) is 4.10. The molecule has 2 saturated carbocycles. The van der Waals surface area contributed by atoms with Crippen LogP contribution in [-0.2, 0) is 0 Å². The molecule has 0 saturated heterocycles. The molecule has 2 heteroatoms. The molecule has 0 radical (unpaired) electrons. The number of hydrogen-bond acceptors (Lipinski definition) is 0. The Balaban J connectivity index is 1.94. The largest absolute Gasteiger partial charge is 0.248 e. The van der Waals surface area contributed by atoms with Crippen LogP contribution in [0.3, 0.4) is 0 Å². The van der Waals surface area contributed by atoms with Crippen LogP contribution in [0.15, 0.2) is 0 Å². The lowest BCUT2D eigenvalue weighted by Crippen LogP contribution is -2.34. The maximum atomic E-state index is 13.1. The van der Waals surface area contributed by atoms with Gasteiger partial charge in [-0.15, -0.1) is 0 Å². The summed E-state index contributed by atoms with van der Waals surface area (Å²) in [5.74, 6) is -0.0640. The lowest BCUT2D eigenvalue weighted by atomic mass is 9.71. The molecule has 0 spiro atoms. The van der Waals surface area contributed by atoms with Crippen molar-refractivity contribution >= 4 is 0 Å². The Bertz CT molecular complexity index is 208. The van der Waals surface area contributed by atoms with Gasteiger partial charge in [0.1, 0.15) is 0 Å². The molecule has 2 aliphatic carbocycles. The Morgan fingerprint density at radius 2 is 1.86 bits per heavy atom. The van der Waals surface area contributed by atoms with Gasteiger partial charge in [0.15, 0.2) is 0 Å². The van der Waals surface area contributed by atoms with Crippen molar-refractivity contribution in [3.05, 3.63) is 0 Å². The van der Waals surface area contributed by atoms with Gasteiger partial charge in [-0.05, 0) is 42.9 Å². The van der Waals surface area contributed by atoms with Crippen LogP contribution in [0, 0.1) is 23.7 Å². The highest BCUT2D eigenvalue weighted by Crippen LogP contribution is 2.49. The molecule has 0 bridgehead atoms. The van der Waals surface area contributed by atoms with E-state index in [4.69, 9.17) is 0 Å². The standard InChI is InChI=1S/C12H20F2/c1-8-7-12(13,14)6-5-11(8)9(2)10-3-4-10/h8-11H,3-7H2,1-2H3/t8-,9?,11?/m0/s1. The van der Waals surface area contributed by atoms with Crippen LogP contribution in [0.25, 0.3) is 0 Å². The fourth-order valence-corrected chi connectivity index (χ4v) is 3.14. The first-order valence-corrected chi connectivity index (χ1v) is 5.87. The Kier molecular flexibility index (Phi) is 2.57. The minimum Gasteiger partial charge on any atom is -0.207 e. The van der Waals surface area contributed by atoms with Gasteiger partial charge < -0.3 is 0 Å². The normalized spacial score (nSPS) is 39.4. The van der Waals surface area contributed by atoms with Gasteiger partial charge in [-0.25, -0.2) is 8.78 Å². The molecule has 0 aliphatic heterocycles. The molecule has 0 aromatic heterocycles. The summed E-state index contributed by atoms with van der Waals surface area (Å²) in [5, 5.41) is 0. The molecule has 0 nitrogen and oxygen atoms in total. The van der Waals surface area contributed by atoms with Gasteiger partial charge in [0.25, 0.3) is 0 Å². The van der Waals surface area contributed by atoms with Crippen LogP contribution in [0.2, 0.25) is 0 Å². The second-order valence-corrected chi connectivity index (χ2v) is 5.44. The quantitative estimate of drug-likeness (QED) is 0.632. The van der Waals surface area contributed by atoms with Crippen molar-refractivity contribution in [3.8, 4) is 0 Å². The Hall–Kier alpha value is -0.140. The van der Waals surface area contributed by atoms with E-state index in [2.05, 4.69) is 6.92 Å². The van der Waals surface area contributed by atoms with Crippen molar-refractivity contribution in [1.82, 2.24) is 0 Å². The van der Waals surface area contributed by atoms with Crippen molar-refractivity contribution in [3.63, 3.8) is 0 Å². The predicted molar refractivity (Wildman–Crippen MR) is 53.3 cm³/mol. The molecule has 0 amide bonds. The maximum absolute atomic E-state index is 13.1. The summed E-state index contributed by atoms with van der Waals surface area (Å²) in [6.45, 7) is 4.28. The van der Waals surface area contributed by atoms with Crippen LogP contribution < -0.4 is 0 Å². The lowest BCUT2D eigenvalue weighted by Gasteiger charge is -2.37. The lowest BCUT2D eigenvalue weighted by molar-refractivity contribution is -0.0746. The highest BCUT2D eigenvalue weighted by atomic mass is 19.3. The second-order valence-electron chi connectivity index (χ2n) is 5.44. The van der Waals surface area contributed by atoms with E-state index in [-0.39, 0.29) is 18.8 Å². The molecule has 2 rings (SSSR count).